The largest absolute Gasteiger partial charge is 0.351 e. The Kier molecular flexibility index (Phi) is 8.22. The lowest BCUT2D eigenvalue weighted by Gasteiger charge is -2.09. The molecule has 0 saturated heterocycles. The number of carbonyl (C=O) groups is 1. The SMILES string of the molecule is C=CCNS(=O)(=O)c1cc(C(=O)NCCSCc2ccc(C)cc2)ccc1F. The highest BCUT2D eigenvalue weighted by Crippen LogP contribution is 2.17. The molecule has 0 aliphatic carbocycles. The number of rotatable bonds is 10. The average Bonchev–Trinajstić information content (AvgIpc) is 2.67. The van der Waals surface area contributed by atoms with Crippen LogP contribution in [0.1, 0.15) is 21.5 Å². The molecule has 0 saturated carbocycles. The van der Waals surface area contributed by atoms with Gasteiger partial charge in [-0.1, -0.05) is 35.9 Å². The Balaban J connectivity index is 1.89. The van der Waals surface area contributed by atoms with Crippen LogP contribution in [-0.4, -0.2) is 33.2 Å². The van der Waals surface area contributed by atoms with Gasteiger partial charge < -0.3 is 5.32 Å². The molecule has 2 aromatic rings. The van der Waals surface area contributed by atoms with E-state index in [4.69, 9.17) is 0 Å². The molecule has 0 heterocycles. The molecule has 2 aromatic carbocycles. The maximum atomic E-state index is 13.9. The van der Waals surface area contributed by atoms with E-state index < -0.39 is 26.6 Å². The van der Waals surface area contributed by atoms with Gasteiger partial charge in [0.15, 0.2) is 0 Å². The van der Waals surface area contributed by atoms with Gasteiger partial charge in [-0.25, -0.2) is 17.5 Å². The number of aryl methyl sites for hydroxylation is 1. The molecule has 0 atom stereocenters. The van der Waals surface area contributed by atoms with E-state index in [0.29, 0.717) is 12.3 Å². The number of hydrogen-bond acceptors (Lipinski definition) is 4. The molecule has 8 heteroatoms. The zero-order valence-electron chi connectivity index (χ0n) is 15.6. The van der Waals surface area contributed by atoms with Gasteiger partial charge in [-0.05, 0) is 30.7 Å². The number of hydrogen-bond donors (Lipinski definition) is 2. The first-order valence-electron chi connectivity index (χ1n) is 8.65. The van der Waals surface area contributed by atoms with Crippen LogP contribution in [-0.2, 0) is 15.8 Å². The van der Waals surface area contributed by atoms with Crippen molar-refractivity contribution in [2.45, 2.75) is 17.6 Å². The average molecular weight is 423 g/mol. The van der Waals surface area contributed by atoms with Crippen molar-refractivity contribution in [3.05, 3.63) is 77.6 Å². The molecule has 0 fully saturated rings. The van der Waals surface area contributed by atoms with E-state index >= 15 is 0 Å². The van der Waals surface area contributed by atoms with Gasteiger partial charge >= 0.3 is 0 Å². The quantitative estimate of drug-likeness (QED) is 0.455. The van der Waals surface area contributed by atoms with Crippen molar-refractivity contribution < 1.29 is 17.6 Å². The fourth-order valence-electron chi connectivity index (χ4n) is 2.31. The van der Waals surface area contributed by atoms with Crippen molar-refractivity contribution in [2.24, 2.45) is 0 Å². The molecular weight excluding hydrogens is 399 g/mol. The van der Waals surface area contributed by atoms with Gasteiger partial charge in [0.25, 0.3) is 5.91 Å². The molecule has 1 amide bonds. The van der Waals surface area contributed by atoms with Gasteiger partial charge in [0.1, 0.15) is 10.7 Å². The number of nitrogens with one attached hydrogen (secondary N) is 2. The molecule has 2 rings (SSSR count). The number of thioether (sulfide) groups is 1. The second-order valence-corrected chi connectivity index (χ2v) is 8.92. The van der Waals surface area contributed by atoms with Crippen LogP contribution in [0.3, 0.4) is 0 Å². The van der Waals surface area contributed by atoms with Crippen LogP contribution in [0.4, 0.5) is 4.39 Å². The summed E-state index contributed by atoms with van der Waals surface area (Å²) in [6, 6.07) is 11.5. The van der Waals surface area contributed by atoms with Crippen LogP contribution < -0.4 is 10.0 Å². The van der Waals surface area contributed by atoms with Crippen LogP contribution in [0, 0.1) is 12.7 Å². The Labute approximate surface area is 169 Å². The zero-order valence-corrected chi connectivity index (χ0v) is 17.2. The highest BCUT2D eigenvalue weighted by molar-refractivity contribution is 7.98. The maximum Gasteiger partial charge on any atom is 0.251 e. The lowest BCUT2D eigenvalue weighted by molar-refractivity contribution is 0.0956. The number of benzene rings is 2. The van der Waals surface area contributed by atoms with Gasteiger partial charge in [-0.3, -0.25) is 4.79 Å². The highest BCUT2D eigenvalue weighted by atomic mass is 32.2. The van der Waals surface area contributed by atoms with Crippen LogP contribution in [0.2, 0.25) is 0 Å². The Morgan fingerprint density at radius 2 is 1.93 bits per heavy atom. The summed E-state index contributed by atoms with van der Waals surface area (Å²) in [5.41, 5.74) is 2.51. The molecule has 5 nitrogen and oxygen atoms in total. The minimum atomic E-state index is -4.05. The fraction of sp³-hybridized carbons (Fsp3) is 0.250. The molecule has 2 N–H and O–H groups in total. The Morgan fingerprint density at radius 3 is 2.61 bits per heavy atom. The standard InChI is InChI=1S/C20H23FN2O3S2/c1-3-10-23-28(25,26)19-13-17(8-9-18(19)21)20(24)22-11-12-27-14-16-6-4-15(2)5-7-16/h3-9,13,23H,1,10-12,14H2,2H3,(H,22,24). The van der Waals surface area contributed by atoms with E-state index in [-0.39, 0.29) is 12.1 Å². The van der Waals surface area contributed by atoms with E-state index in [9.17, 15) is 17.6 Å². The summed E-state index contributed by atoms with van der Waals surface area (Å²) in [6.45, 7) is 5.84. The fourth-order valence-corrected chi connectivity index (χ4v) is 4.23. The lowest BCUT2D eigenvalue weighted by Crippen LogP contribution is -2.27. The Bertz CT molecular complexity index is 929. The van der Waals surface area contributed by atoms with Gasteiger partial charge in [-0.2, -0.15) is 11.8 Å². The van der Waals surface area contributed by atoms with Crippen LogP contribution >= 0.6 is 11.8 Å². The molecule has 28 heavy (non-hydrogen) atoms. The van der Waals surface area contributed by atoms with Crippen molar-refractivity contribution in [3.63, 3.8) is 0 Å². The second-order valence-electron chi connectivity index (χ2n) is 6.08. The summed E-state index contributed by atoms with van der Waals surface area (Å²) >= 11 is 1.68. The summed E-state index contributed by atoms with van der Waals surface area (Å²) < 4.78 is 40.3. The molecule has 0 bridgehead atoms. The van der Waals surface area contributed by atoms with E-state index in [1.54, 1.807) is 11.8 Å². The summed E-state index contributed by atoms with van der Waals surface area (Å²) in [7, 11) is -4.05. The maximum absolute atomic E-state index is 13.9. The Morgan fingerprint density at radius 1 is 1.21 bits per heavy atom. The first kappa shape index (κ1) is 22.1. The van der Waals surface area contributed by atoms with Crippen molar-refractivity contribution >= 4 is 27.7 Å². The summed E-state index contributed by atoms with van der Waals surface area (Å²) in [5.74, 6) is 0.176. The topological polar surface area (TPSA) is 75.3 Å². The van der Waals surface area contributed by atoms with E-state index in [2.05, 4.69) is 40.9 Å². The van der Waals surface area contributed by atoms with Crippen LogP contribution in [0.5, 0.6) is 0 Å². The normalized spacial score (nSPS) is 11.2. The van der Waals surface area contributed by atoms with Crippen molar-refractivity contribution in [2.75, 3.05) is 18.8 Å². The smallest absolute Gasteiger partial charge is 0.251 e. The van der Waals surface area contributed by atoms with E-state index in [0.717, 1.165) is 17.9 Å². The number of sulfonamides is 1. The highest BCUT2D eigenvalue weighted by Gasteiger charge is 2.20. The third-order valence-corrected chi connectivity index (χ3v) is 6.29. The van der Waals surface area contributed by atoms with E-state index in [1.807, 2.05) is 6.92 Å². The lowest BCUT2D eigenvalue weighted by atomic mass is 10.2. The first-order chi connectivity index (χ1) is 13.3. The predicted molar refractivity (Wildman–Crippen MR) is 111 cm³/mol. The molecule has 0 aromatic heterocycles. The molecule has 0 radical (unpaired) electrons. The summed E-state index contributed by atoms with van der Waals surface area (Å²) in [4.78, 5) is 11.7. The van der Waals surface area contributed by atoms with Crippen molar-refractivity contribution in [1.29, 1.82) is 0 Å². The van der Waals surface area contributed by atoms with Gasteiger partial charge in [0, 0.05) is 30.2 Å². The molecule has 0 spiro atoms. The Hall–Kier alpha value is -2.16. The number of amides is 1. The van der Waals surface area contributed by atoms with Gasteiger partial charge in [-0.15, -0.1) is 6.58 Å². The third kappa shape index (κ3) is 6.47. The monoisotopic (exact) mass is 422 g/mol. The van der Waals surface area contributed by atoms with Crippen LogP contribution in [0.25, 0.3) is 0 Å². The van der Waals surface area contributed by atoms with Gasteiger partial charge in [0.2, 0.25) is 10.0 Å². The zero-order chi connectivity index (χ0) is 20.6. The van der Waals surface area contributed by atoms with Crippen molar-refractivity contribution in [1.82, 2.24) is 10.0 Å². The minimum absolute atomic E-state index is 0.0313. The second kappa shape index (κ2) is 10.4. The number of halogens is 1. The molecule has 0 unspecified atom stereocenters. The summed E-state index contributed by atoms with van der Waals surface area (Å²) in [6.07, 6.45) is 1.35. The first-order valence-corrected chi connectivity index (χ1v) is 11.3. The molecular formula is C20H23FN2O3S2. The molecule has 0 aliphatic heterocycles. The van der Waals surface area contributed by atoms with Crippen molar-refractivity contribution in [3.8, 4) is 0 Å². The summed E-state index contributed by atoms with van der Waals surface area (Å²) in [5, 5.41) is 2.72. The van der Waals surface area contributed by atoms with Gasteiger partial charge in [0.05, 0.1) is 0 Å². The third-order valence-electron chi connectivity index (χ3n) is 3.82. The number of carbonyl (C=O) groups excluding carboxylic acids is 1. The minimum Gasteiger partial charge on any atom is -0.351 e. The molecule has 150 valence electrons. The predicted octanol–water partition coefficient (Wildman–Crippen LogP) is 3.26. The van der Waals surface area contributed by atoms with Crippen LogP contribution in [0.15, 0.2) is 60.0 Å². The van der Waals surface area contributed by atoms with E-state index in [1.165, 1.54) is 23.3 Å². The molecule has 0 aliphatic rings.